The Balaban J connectivity index is 1.32. The highest BCUT2D eigenvalue weighted by Gasteiger charge is 2.54. The minimum absolute atomic E-state index is 0.0198. The highest BCUT2D eigenvalue weighted by molar-refractivity contribution is 7.84. The van der Waals surface area contributed by atoms with Crippen molar-refractivity contribution in [2.45, 2.75) is 104 Å². The number of nitrogens with one attached hydrogen (secondary N) is 3. The van der Waals surface area contributed by atoms with E-state index < -0.39 is 93.0 Å². The van der Waals surface area contributed by atoms with Crippen molar-refractivity contribution in [2.75, 3.05) is 11.9 Å². The van der Waals surface area contributed by atoms with E-state index in [1.165, 1.54) is 36.2 Å². The summed E-state index contributed by atoms with van der Waals surface area (Å²) < 4.78 is 52.6. The maximum absolute atomic E-state index is 14.1. The van der Waals surface area contributed by atoms with E-state index >= 15 is 0 Å². The number of carbonyl (C=O) groups is 5. The summed E-state index contributed by atoms with van der Waals surface area (Å²) in [7, 11) is -5.19. The lowest BCUT2D eigenvalue weighted by molar-refractivity contribution is -0.179. The largest absolute Gasteiger partial charge is 0.483 e. The van der Waals surface area contributed by atoms with Gasteiger partial charge in [0, 0.05) is 24.4 Å². The molecule has 1 aliphatic rings. The molecular formula is C44H53N7O14S2. The second-order valence-corrected chi connectivity index (χ2v) is 19.7. The summed E-state index contributed by atoms with van der Waals surface area (Å²) in [5.74, 6) is -4.41. The number of esters is 1. The van der Waals surface area contributed by atoms with Crippen LogP contribution in [0.15, 0.2) is 88.3 Å². The highest BCUT2D eigenvalue weighted by Crippen LogP contribution is 2.33. The van der Waals surface area contributed by atoms with Crippen molar-refractivity contribution < 1.29 is 60.8 Å². The lowest BCUT2D eigenvalue weighted by Gasteiger charge is -2.44. The zero-order valence-electron chi connectivity index (χ0n) is 38.1. The van der Waals surface area contributed by atoms with Crippen molar-refractivity contribution in [3.8, 4) is 5.75 Å². The van der Waals surface area contributed by atoms with Gasteiger partial charge in [-0.05, 0) is 66.5 Å². The fraction of sp³-hybridized carbons (Fsp3) is 0.409. The zero-order chi connectivity index (χ0) is 49.3. The number of oxime groups is 1. The Morgan fingerprint density at radius 2 is 1.48 bits per heavy atom. The molecule has 23 heteroatoms. The van der Waals surface area contributed by atoms with Crippen molar-refractivity contribution in [1.29, 1.82) is 0 Å². The molecule has 1 aliphatic heterocycles. The van der Waals surface area contributed by atoms with Crippen molar-refractivity contribution >= 4 is 62.3 Å². The van der Waals surface area contributed by atoms with Crippen LogP contribution >= 0.6 is 11.3 Å². The maximum atomic E-state index is 14.1. The first-order chi connectivity index (χ1) is 31.3. The normalized spacial score (nSPS) is 15.4. The van der Waals surface area contributed by atoms with E-state index in [-0.39, 0.29) is 46.3 Å². The molecule has 3 heterocycles. The van der Waals surface area contributed by atoms with Crippen LogP contribution in [0.3, 0.4) is 0 Å². The number of nitrogens with zero attached hydrogens (tertiary/aromatic N) is 4. The fourth-order valence-corrected chi connectivity index (χ4v) is 7.66. The second-order valence-electron chi connectivity index (χ2n) is 17.5. The Kier molecular flexibility index (Phi) is 16.2. The van der Waals surface area contributed by atoms with Crippen molar-refractivity contribution in [2.24, 2.45) is 11.1 Å². The summed E-state index contributed by atoms with van der Waals surface area (Å²) in [5.41, 5.74) is -2.90. The zero-order valence-corrected chi connectivity index (χ0v) is 39.7. The number of ketones is 1. The molecule has 0 spiro atoms. The number of ether oxygens (including phenoxy) is 3. The maximum Gasteiger partial charge on any atom is 0.413 e. The summed E-state index contributed by atoms with van der Waals surface area (Å²) >= 11 is 0.882. The van der Waals surface area contributed by atoms with E-state index in [1.54, 1.807) is 41.5 Å². The second kappa shape index (κ2) is 21.2. The van der Waals surface area contributed by atoms with Crippen LogP contribution in [0.4, 0.5) is 14.7 Å². The minimum Gasteiger partial charge on any atom is -0.483 e. The molecule has 360 valence electrons. The molecule has 2 aromatic carbocycles. The lowest BCUT2D eigenvalue weighted by atomic mass is 9.84. The third kappa shape index (κ3) is 14.8. The van der Waals surface area contributed by atoms with Gasteiger partial charge in [-0.25, -0.2) is 23.7 Å². The number of hydrogen-bond donors (Lipinski definition) is 4. The summed E-state index contributed by atoms with van der Waals surface area (Å²) in [5, 5.41) is 12.7. The molecule has 0 radical (unpaired) electrons. The Bertz CT molecular complexity index is 2640. The van der Waals surface area contributed by atoms with Crippen LogP contribution < -0.4 is 31.0 Å². The minimum atomic E-state index is -5.19. The number of urea groups is 1. The van der Waals surface area contributed by atoms with Crippen LogP contribution in [-0.4, -0.2) is 91.9 Å². The molecule has 1 saturated heterocycles. The first kappa shape index (κ1) is 51.1. The highest BCUT2D eigenvalue weighted by atomic mass is 32.2. The number of carbonyl (C=O) groups excluding carboxylic acids is 5. The average molecular weight is 968 g/mol. The van der Waals surface area contributed by atoms with Gasteiger partial charge in [-0.3, -0.25) is 24.3 Å². The van der Waals surface area contributed by atoms with Crippen LogP contribution in [0.25, 0.3) is 0 Å². The number of benzene rings is 2. The molecule has 4 amide bonds. The van der Waals surface area contributed by atoms with Gasteiger partial charge in [0.25, 0.3) is 0 Å². The number of Topliss-reactive ketones (excluding diaryl/α,β-unsaturated/α-hetero) is 1. The standard InChI is InChI=1S/C44H53N7O14S2/c1-42(2,3)63-38(55)44(7,8)65-49-36(31-26-66-40(47-31)48-41(57)64-43(4,5)6)34(53)20-30-32(51(37(30)54)67(58,59)60)22-46-39(56)45-21-29-19-33(52)35(61-24-27-15-11-9-12-16-27)23-50(29)62-25-28-17-13-10-14-18-28/h9-19,23,26,30,32H,20-22,24-25H2,1-8H3,(H2,45,46,56)(H,47,48,57)(H,58,59,60)/b49-36-/t30-,32+/m0/s1. The molecule has 0 saturated carbocycles. The molecule has 4 N–H and O–H groups in total. The van der Waals surface area contributed by atoms with Crippen molar-refractivity contribution in [3.63, 3.8) is 0 Å². The number of β-lactam (4-membered cyclic amide) rings is 1. The number of pyridine rings is 1. The van der Waals surface area contributed by atoms with Crippen LogP contribution in [0.2, 0.25) is 0 Å². The van der Waals surface area contributed by atoms with E-state index in [1.807, 2.05) is 60.7 Å². The van der Waals surface area contributed by atoms with Gasteiger partial charge in [0.1, 0.15) is 30.1 Å². The van der Waals surface area contributed by atoms with Gasteiger partial charge in [-0.1, -0.05) is 65.8 Å². The monoisotopic (exact) mass is 967 g/mol. The molecule has 0 bridgehead atoms. The third-order valence-corrected chi connectivity index (χ3v) is 10.9. The number of thiazole rings is 1. The molecule has 2 aromatic heterocycles. The van der Waals surface area contributed by atoms with Crippen molar-refractivity contribution in [3.05, 3.63) is 111 Å². The van der Waals surface area contributed by atoms with Gasteiger partial charge in [0.15, 0.2) is 22.4 Å². The molecular weight excluding hydrogens is 915 g/mol. The van der Waals surface area contributed by atoms with Gasteiger partial charge in [-0.2, -0.15) is 13.1 Å². The number of anilines is 1. The first-order valence-electron chi connectivity index (χ1n) is 20.7. The Morgan fingerprint density at radius 3 is 2.07 bits per heavy atom. The van der Waals surface area contributed by atoms with E-state index in [2.05, 4.69) is 26.1 Å². The van der Waals surface area contributed by atoms with E-state index in [0.717, 1.165) is 22.5 Å². The lowest BCUT2D eigenvalue weighted by Crippen LogP contribution is -2.66. The smallest absolute Gasteiger partial charge is 0.413 e. The molecule has 2 atom stereocenters. The van der Waals surface area contributed by atoms with Gasteiger partial charge >= 0.3 is 28.4 Å². The first-order valence-corrected chi connectivity index (χ1v) is 23.0. The molecule has 0 unspecified atom stereocenters. The SMILES string of the molecule is CC(C)(C)OC(=O)Nc1nc(/C(=N/OC(C)(C)C(=O)OC(C)(C)C)C(=O)C[C@@H]2C(=O)N(S(=O)(=O)O)[C@@H]2CNC(=O)NCc2cc(=O)c(OCc3ccccc3)cn2OCc2ccccc2)cs1. The molecule has 0 aliphatic carbocycles. The van der Waals surface area contributed by atoms with Crippen LogP contribution in [0, 0.1) is 5.92 Å². The Hall–Kier alpha value is -6.85. The summed E-state index contributed by atoms with van der Waals surface area (Å²) in [4.78, 5) is 94.9. The van der Waals surface area contributed by atoms with Crippen LogP contribution in [0.1, 0.15) is 84.3 Å². The average Bonchev–Trinajstić information content (AvgIpc) is 3.68. The third-order valence-electron chi connectivity index (χ3n) is 9.24. The molecule has 21 nitrogen and oxygen atoms in total. The quantitative estimate of drug-likeness (QED) is 0.0323. The van der Waals surface area contributed by atoms with Gasteiger partial charge < -0.3 is 34.5 Å². The molecule has 67 heavy (non-hydrogen) atoms. The van der Waals surface area contributed by atoms with E-state index in [4.69, 9.17) is 23.9 Å². The summed E-state index contributed by atoms with van der Waals surface area (Å²) in [6.45, 7) is 11.8. The van der Waals surface area contributed by atoms with E-state index in [0.29, 0.717) is 0 Å². The molecule has 5 rings (SSSR count). The van der Waals surface area contributed by atoms with Crippen LogP contribution in [0.5, 0.6) is 5.75 Å². The number of hydrogen-bond acceptors (Lipinski definition) is 16. The fourth-order valence-electron chi connectivity index (χ4n) is 6.05. The Morgan fingerprint density at radius 1 is 0.866 bits per heavy atom. The molecule has 4 aromatic rings. The van der Waals surface area contributed by atoms with Gasteiger partial charge in [-0.15, -0.1) is 11.3 Å². The van der Waals surface area contributed by atoms with Crippen LogP contribution in [-0.2, 0) is 58.8 Å². The van der Waals surface area contributed by atoms with E-state index in [9.17, 15) is 41.7 Å². The van der Waals surface area contributed by atoms with Gasteiger partial charge in [0.05, 0.1) is 30.4 Å². The topological polar surface area (TPSA) is 272 Å². The predicted molar refractivity (Wildman–Crippen MR) is 243 cm³/mol. The number of rotatable bonds is 19. The summed E-state index contributed by atoms with van der Waals surface area (Å²) in [6.07, 6.45) is -0.248. The summed E-state index contributed by atoms with van der Waals surface area (Å²) in [6, 6.07) is 17.2. The predicted octanol–water partition coefficient (Wildman–Crippen LogP) is 4.79. The van der Waals surface area contributed by atoms with Crippen molar-refractivity contribution in [1.82, 2.24) is 24.7 Å². The van der Waals surface area contributed by atoms with Gasteiger partial charge in [0.2, 0.25) is 16.9 Å². The number of aromatic nitrogens is 2. The Labute approximate surface area is 390 Å². The molecule has 1 fully saturated rings. The number of amides is 4.